The molecule has 0 aliphatic heterocycles. The van der Waals surface area contributed by atoms with Gasteiger partial charge in [0.05, 0.1) is 14.2 Å². The Hall–Kier alpha value is -1.75. The van der Waals surface area contributed by atoms with Crippen molar-refractivity contribution in [1.29, 1.82) is 0 Å². The van der Waals surface area contributed by atoms with Gasteiger partial charge in [0.1, 0.15) is 17.1 Å². The Labute approximate surface area is 80.8 Å². The van der Waals surface area contributed by atoms with Crippen molar-refractivity contribution in [2.75, 3.05) is 14.2 Å². The maximum Gasteiger partial charge on any atom is 0.376 e. The van der Waals surface area contributed by atoms with E-state index in [4.69, 9.17) is 4.74 Å². The van der Waals surface area contributed by atoms with Gasteiger partial charge in [0.25, 0.3) is 0 Å². The quantitative estimate of drug-likeness (QED) is 0.582. The van der Waals surface area contributed by atoms with Gasteiger partial charge < -0.3 is 9.84 Å². The van der Waals surface area contributed by atoms with Gasteiger partial charge in [0.2, 0.25) is 0 Å². The molecule has 0 radical (unpaired) electrons. The normalized spacial score (nSPS) is 9.57. The number of hydrogen-bond acceptors (Lipinski definition) is 5. The highest BCUT2D eigenvalue weighted by atomic mass is 17.2. The van der Waals surface area contributed by atoms with Gasteiger partial charge in [-0.05, 0) is 18.2 Å². The summed E-state index contributed by atoms with van der Waals surface area (Å²) < 4.78 is 4.88. The Morgan fingerprint density at radius 3 is 2.64 bits per heavy atom. The summed E-state index contributed by atoms with van der Waals surface area (Å²) in [5.74, 6) is -0.511. The standard InChI is InChI=1S/C9H10O5/c1-12-6-3-4-8(10)7(5-6)9(11)14-13-2/h3-5,10H,1-2H3. The molecule has 0 atom stereocenters. The maximum absolute atomic E-state index is 11.2. The summed E-state index contributed by atoms with van der Waals surface area (Å²) in [6, 6.07) is 4.22. The van der Waals surface area contributed by atoms with E-state index < -0.39 is 5.97 Å². The van der Waals surface area contributed by atoms with E-state index >= 15 is 0 Å². The first-order valence-electron chi connectivity index (χ1n) is 3.81. The fourth-order valence-electron chi connectivity index (χ4n) is 0.926. The summed E-state index contributed by atoms with van der Waals surface area (Å²) in [7, 11) is 2.66. The Balaban J connectivity index is 2.99. The number of benzene rings is 1. The molecule has 1 rings (SSSR count). The zero-order valence-electron chi connectivity index (χ0n) is 7.81. The van der Waals surface area contributed by atoms with Gasteiger partial charge in [-0.15, -0.1) is 0 Å². The molecule has 1 aromatic rings. The summed E-state index contributed by atoms with van der Waals surface area (Å²) >= 11 is 0. The van der Waals surface area contributed by atoms with E-state index in [1.807, 2.05) is 0 Å². The lowest BCUT2D eigenvalue weighted by Gasteiger charge is -2.04. The van der Waals surface area contributed by atoms with Crippen LogP contribution in [-0.4, -0.2) is 25.3 Å². The molecule has 76 valence electrons. The fraction of sp³-hybridized carbons (Fsp3) is 0.222. The zero-order chi connectivity index (χ0) is 10.6. The number of rotatable bonds is 3. The van der Waals surface area contributed by atoms with Gasteiger partial charge in [0, 0.05) is 0 Å². The first-order chi connectivity index (χ1) is 6.69. The molecule has 0 saturated carbocycles. The highest BCUT2D eigenvalue weighted by Crippen LogP contribution is 2.23. The van der Waals surface area contributed by atoms with E-state index in [1.165, 1.54) is 32.4 Å². The molecule has 0 fully saturated rings. The lowest BCUT2D eigenvalue weighted by Crippen LogP contribution is -2.04. The molecule has 1 aromatic carbocycles. The second-order valence-electron chi connectivity index (χ2n) is 2.42. The molecule has 0 bridgehead atoms. The van der Waals surface area contributed by atoms with Crippen LogP contribution in [0.4, 0.5) is 0 Å². The van der Waals surface area contributed by atoms with Crippen molar-refractivity contribution in [2.24, 2.45) is 0 Å². The lowest BCUT2D eigenvalue weighted by molar-refractivity contribution is -0.216. The third-order valence-electron chi connectivity index (χ3n) is 1.58. The van der Waals surface area contributed by atoms with Crippen molar-refractivity contribution >= 4 is 5.97 Å². The molecule has 5 nitrogen and oxygen atoms in total. The van der Waals surface area contributed by atoms with Crippen LogP contribution in [0, 0.1) is 0 Å². The average molecular weight is 198 g/mol. The van der Waals surface area contributed by atoms with Gasteiger partial charge in [-0.1, -0.05) is 0 Å². The van der Waals surface area contributed by atoms with Crippen LogP contribution in [0.1, 0.15) is 10.4 Å². The van der Waals surface area contributed by atoms with Gasteiger partial charge in [-0.25, -0.2) is 4.79 Å². The van der Waals surface area contributed by atoms with Gasteiger partial charge in [0.15, 0.2) is 0 Å². The van der Waals surface area contributed by atoms with Crippen LogP contribution in [0.2, 0.25) is 0 Å². The molecular weight excluding hydrogens is 188 g/mol. The SMILES string of the molecule is COOC(=O)c1cc(OC)ccc1O. The van der Waals surface area contributed by atoms with Crippen molar-refractivity contribution < 1.29 is 24.4 Å². The van der Waals surface area contributed by atoms with Crippen molar-refractivity contribution in [3.63, 3.8) is 0 Å². The monoisotopic (exact) mass is 198 g/mol. The van der Waals surface area contributed by atoms with Crippen molar-refractivity contribution in [2.45, 2.75) is 0 Å². The van der Waals surface area contributed by atoms with E-state index in [1.54, 1.807) is 0 Å². The smallest absolute Gasteiger partial charge is 0.376 e. The zero-order valence-corrected chi connectivity index (χ0v) is 7.81. The van der Waals surface area contributed by atoms with Crippen LogP contribution in [0.3, 0.4) is 0 Å². The molecule has 0 aliphatic carbocycles. The van der Waals surface area contributed by atoms with E-state index in [0.717, 1.165) is 0 Å². The molecule has 0 amide bonds. The number of aromatic hydroxyl groups is 1. The Bertz CT molecular complexity index is 334. The lowest BCUT2D eigenvalue weighted by atomic mass is 10.2. The van der Waals surface area contributed by atoms with Gasteiger partial charge in [-0.2, -0.15) is 4.89 Å². The molecule has 0 aliphatic rings. The van der Waals surface area contributed by atoms with E-state index in [9.17, 15) is 9.90 Å². The molecule has 0 spiro atoms. The van der Waals surface area contributed by atoms with Crippen molar-refractivity contribution in [3.8, 4) is 11.5 Å². The number of ether oxygens (including phenoxy) is 1. The van der Waals surface area contributed by atoms with Crippen LogP contribution in [-0.2, 0) is 9.78 Å². The van der Waals surface area contributed by atoms with Crippen LogP contribution in [0.15, 0.2) is 18.2 Å². The number of phenolic OH excluding ortho intramolecular Hbond substituents is 1. The summed E-state index contributed by atoms with van der Waals surface area (Å²) in [6.07, 6.45) is 0. The molecule has 0 saturated heterocycles. The third-order valence-corrected chi connectivity index (χ3v) is 1.58. The Kier molecular flexibility index (Phi) is 3.30. The Morgan fingerprint density at radius 2 is 2.07 bits per heavy atom. The maximum atomic E-state index is 11.2. The number of phenols is 1. The minimum absolute atomic E-state index is 0.00815. The molecule has 5 heteroatoms. The number of hydrogen-bond donors (Lipinski definition) is 1. The predicted molar refractivity (Wildman–Crippen MR) is 47.1 cm³/mol. The topological polar surface area (TPSA) is 65.0 Å². The van der Waals surface area contributed by atoms with E-state index in [2.05, 4.69) is 9.78 Å². The number of carbonyl (C=O) groups is 1. The average Bonchev–Trinajstić information content (AvgIpc) is 2.19. The second kappa shape index (κ2) is 4.48. The summed E-state index contributed by atoms with van der Waals surface area (Å²) in [5.41, 5.74) is -0.00815. The van der Waals surface area contributed by atoms with Crippen LogP contribution in [0.25, 0.3) is 0 Å². The van der Waals surface area contributed by atoms with Gasteiger partial charge >= 0.3 is 5.97 Å². The van der Waals surface area contributed by atoms with E-state index in [-0.39, 0.29) is 11.3 Å². The fourth-order valence-corrected chi connectivity index (χ4v) is 0.926. The molecular formula is C9H10O5. The van der Waals surface area contributed by atoms with Crippen LogP contribution in [0.5, 0.6) is 11.5 Å². The Morgan fingerprint density at radius 1 is 1.36 bits per heavy atom. The highest BCUT2D eigenvalue weighted by molar-refractivity contribution is 5.92. The minimum atomic E-state index is -0.774. The molecule has 14 heavy (non-hydrogen) atoms. The first kappa shape index (κ1) is 10.3. The summed E-state index contributed by atoms with van der Waals surface area (Å²) in [5, 5.41) is 9.32. The second-order valence-corrected chi connectivity index (χ2v) is 2.42. The van der Waals surface area contributed by atoms with Crippen molar-refractivity contribution in [3.05, 3.63) is 23.8 Å². The van der Waals surface area contributed by atoms with Crippen LogP contribution >= 0.6 is 0 Å². The largest absolute Gasteiger partial charge is 0.507 e. The predicted octanol–water partition coefficient (Wildman–Crippen LogP) is 1.12. The highest BCUT2D eigenvalue weighted by Gasteiger charge is 2.14. The number of carbonyl (C=O) groups excluding carboxylic acids is 1. The molecule has 0 heterocycles. The van der Waals surface area contributed by atoms with Gasteiger partial charge in [-0.3, -0.25) is 4.89 Å². The minimum Gasteiger partial charge on any atom is -0.507 e. The molecule has 0 unspecified atom stereocenters. The summed E-state index contributed by atoms with van der Waals surface area (Å²) in [6.45, 7) is 0. The first-order valence-corrected chi connectivity index (χ1v) is 3.81. The van der Waals surface area contributed by atoms with E-state index in [0.29, 0.717) is 5.75 Å². The molecule has 1 N–H and O–H groups in total. The van der Waals surface area contributed by atoms with Crippen molar-refractivity contribution in [1.82, 2.24) is 0 Å². The summed E-state index contributed by atoms with van der Waals surface area (Å²) in [4.78, 5) is 19.6. The third kappa shape index (κ3) is 2.14. The number of methoxy groups -OCH3 is 1. The van der Waals surface area contributed by atoms with Crippen LogP contribution < -0.4 is 4.74 Å². The molecule has 0 aromatic heterocycles.